The van der Waals surface area contributed by atoms with E-state index in [0.29, 0.717) is 85.4 Å². The van der Waals surface area contributed by atoms with Gasteiger partial charge in [0.25, 0.3) is 11.8 Å². The average Bonchev–Trinajstić information content (AvgIpc) is 3.48. The number of pyridine rings is 4. The molecule has 3 aliphatic rings. The molecule has 0 spiro atoms. The average molecular weight is 832 g/mol. The molecule has 0 bridgehead atoms. The number of carbonyl (C=O) groups excluding carboxylic acids is 4. The van der Waals surface area contributed by atoms with Crippen molar-refractivity contribution in [1.29, 1.82) is 0 Å². The van der Waals surface area contributed by atoms with Crippen LogP contribution in [0.15, 0.2) is 42.6 Å². The topological polar surface area (TPSA) is 154 Å². The highest BCUT2D eigenvalue weighted by Gasteiger charge is 2.42. The summed E-state index contributed by atoms with van der Waals surface area (Å²) in [6.07, 6.45) is 1.64. The number of aromatic nitrogens is 4. The summed E-state index contributed by atoms with van der Waals surface area (Å²) in [7, 11) is 2.73. The fraction of sp³-hybridized carbons (Fsp3) is 0.478. The molecular formula is C46H57N9O6. The molecule has 15 nitrogen and oxygen atoms in total. The van der Waals surface area contributed by atoms with E-state index in [1.54, 1.807) is 12.3 Å². The monoisotopic (exact) mass is 831 g/mol. The number of anilines is 4. The fourth-order valence-corrected chi connectivity index (χ4v) is 9.23. The van der Waals surface area contributed by atoms with Crippen LogP contribution < -0.4 is 14.7 Å². The van der Waals surface area contributed by atoms with Crippen molar-refractivity contribution in [2.45, 2.75) is 85.7 Å². The Hall–Kier alpha value is -6.12. The zero-order chi connectivity index (χ0) is 44.3. The van der Waals surface area contributed by atoms with Gasteiger partial charge >= 0.3 is 11.9 Å². The molecule has 0 N–H and O–H groups in total. The molecule has 2 amide bonds. The number of nitrogens with zero attached hydrogens (tertiary/aromatic N) is 9. The summed E-state index contributed by atoms with van der Waals surface area (Å²) >= 11 is 0. The van der Waals surface area contributed by atoms with Crippen LogP contribution in [0.3, 0.4) is 0 Å². The third-order valence-electron chi connectivity index (χ3n) is 12.3. The maximum Gasteiger partial charge on any atom is 0.339 e. The van der Waals surface area contributed by atoms with Crippen LogP contribution >= 0.6 is 0 Å². The van der Waals surface area contributed by atoms with Crippen LogP contribution in [-0.2, 0) is 14.9 Å². The summed E-state index contributed by atoms with van der Waals surface area (Å²) in [5, 5.41) is 0. The minimum atomic E-state index is -0.539. The highest BCUT2D eigenvalue weighted by Crippen LogP contribution is 2.43. The second-order valence-electron chi connectivity index (χ2n) is 18.3. The third-order valence-corrected chi connectivity index (χ3v) is 12.3. The van der Waals surface area contributed by atoms with Gasteiger partial charge in [-0.1, -0.05) is 13.8 Å². The van der Waals surface area contributed by atoms with E-state index in [1.807, 2.05) is 95.5 Å². The summed E-state index contributed by atoms with van der Waals surface area (Å²) in [6, 6.07) is 11.3. The van der Waals surface area contributed by atoms with Gasteiger partial charge in [-0.15, -0.1) is 0 Å². The van der Waals surface area contributed by atoms with E-state index in [9.17, 15) is 19.2 Å². The number of rotatable bonds is 7. The van der Waals surface area contributed by atoms with E-state index in [1.165, 1.54) is 14.2 Å². The summed E-state index contributed by atoms with van der Waals surface area (Å²) in [5.41, 5.74) is 4.90. The third kappa shape index (κ3) is 7.85. The van der Waals surface area contributed by atoms with Gasteiger partial charge in [0.1, 0.15) is 23.1 Å². The Bertz CT molecular complexity index is 2380. The number of fused-ring (bicyclic) bond motifs is 1. The lowest BCUT2D eigenvalue weighted by atomic mass is 9.91. The second kappa shape index (κ2) is 15.7. The molecule has 2 saturated heterocycles. The van der Waals surface area contributed by atoms with Crippen LogP contribution in [0.2, 0.25) is 0 Å². The van der Waals surface area contributed by atoms with Crippen molar-refractivity contribution in [2.24, 2.45) is 0 Å². The summed E-state index contributed by atoms with van der Waals surface area (Å²) in [4.78, 5) is 82.3. The zero-order valence-corrected chi connectivity index (χ0v) is 37.5. The minimum Gasteiger partial charge on any atom is -0.465 e. The van der Waals surface area contributed by atoms with Crippen molar-refractivity contribution < 1.29 is 28.7 Å². The van der Waals surface area contributed by atoms with E-state index < -0.39 is 23.0 Å². The van der Waals surface area contributed by atoms with Crippen LogP contribution in [0.4, 0.5) is 23.1 Å². The smallest absolute Gasteiger partial charge is 0.339 e. The number of esters is 2. The molecule has 15 heteroatoms. The van der Waals surface area contributed by atoms with Gasteiger partial charge in [0.2, 0.25) is 0 Å². The lowest BCUT2D eigenvalue weighted by Crippen LogP contribution is -2.61. The first kappa shape index (κ1) is 43.0. The van der Waals surface area contributed by atoms with Crippen LogP contribution in [0.25, 0.3) is 0 Å². The van der Waals surface area contributed by atoms with E-state index in [4.69, 9.17) is 29.4 Å². The number of hydrogen-bond acceptors (Lipinski definition) is 13. The van der Waals surface area contributed by atoms with Crippen LogP contribution in [0.5, 0.6) is 0 Å². The lowest BCUT2D eigenvalue weighted by molar-refractivity contribution is 0.0500. The number of methoxy groups -OCH3 is 2. The SMILES string of the molecule is COC(=O)c1c(C)cc(N2CCN(C(=O)c3ccc(N4CC(C)(C)c5nc(C(=O)N6CCN(c7cc(C)c(C(=O)OC)c(C)n7)CC6(C)C)ccc54)nc3)C(C)(C)C2)nc1C. The first-order valence-corrected chi connectivity index (χ1v) is 20.7. The number of amides is 2. The Kier molecular flexibility index (Phi) is 11.1. The highest BCUT2D eigenvalue weighted by atomic mass is 16.5. The van der Waals surface area contributed by atoms with Crippen molar-refractivity contribution in [3.63, 3.8) is 0 Å². The van der Waals surface area contributed by atoms with Crippen LogP contribution in [0, 0.1) is 27.7 Å². The molecule has 3 aliphatic heterocycles. The summed E-state index contributed by atoms with van der Waals surface area (Å²) in [5.74, 6) is 1.18. The van der Waals surface area contributed by atoms with Crippen molar-refractivity contribution in [3.05, 3.63) is 93.2 Å². The van der Waals surface area contributed by atoms with E-state index in [2.05, 4.69) is 28.5 Å². The van der Waals surface area contributed by atoms with E-state index >= 15 is 0 Å². The van der Waals surface area contributed by atoms with Gasteiger partial charge in [0.15, 0.2) is 0 Å². The van der Waals surface area contributed by atoms with Gasteiger partial charge in [-0.25, -0.2) is 29.5 Å². The molecule has 2 fully saturated rings. The van der Waals surface area contributed by atoms with Crippen molar-refractivity contribution >= 4 is 46.9 Å². The van der Waals surface area contributed by atoms with Gasteiger partial charge in [0.05, 0.1) is 64.8 Å². The second-order valence-corrected chi connectivity index (χ2v) is 18.3. The molecule has 4 aromatic heterocycles. The van der Waals surface area contributed by atoms with Gasteiger partial charge in [0, 0.05) is 57.4 Å². The number of hydrogen-bond donors (Lipinski definition) is 0. The Morgan fingerprint density at radius 1 is 0.607 bits per heavy atom. The Morgan fingerprint density at radius 2 is 1.11 bits per heavy atom. The Labute approximate surface area is 358 Å². The van der Waals surface area contributed by atoms with Crippen molar-refractivity contribution in [1.82, 2.24) is 29.7 Å². The zero-order valence-electron chi connectivity index (χ0n) is 37.5. The largest absolute Gasteiger partial charge is 0.465 e. The predicted octanol–water partition coefficient (Wildman–Crippen LogP) is 5.98. The molecule has 0 unspecified atom stereocenters. The maximum atomic E-state index is 14.2. The van der Waals surface area contributed by atoms with Gasteiger partial charge in [-0.3, -0.25) is 9.59 Å². The minimum absolute atomic E-state index is 0.0984. The first-order chi connectivity index (χ1) is 28.7. The quantitative estimate of drug-likeness (QED) is 0.201. The fourth-order valence-electron chi connectivity index (χ4n) is 9.23. The lowest BCUT2D eigenvalue weighted by Gasteiger charge is -2.47. The predicted molar refractivity (Wildman–Crippen MR) is 233 cm³/mol. The number of ether oxygens (including phenoxy) is 2. The summed E-state index contributed by atoms with van der Waals surface area (Å²) < 4.78 is 9.91. The molecule has 61 heavy (non-hydrogen) atoms. The van der Waals surface area contributed by atoms with Crippen molar-refractivity contribution in [2.75, 3.05) is 74.7 Å². The standard InChI is InChI=1S/C46H57N9O6/c1-27-21-35(48-29(3)37(27)42(58)60-11)51-17-19-54(45(7,8)25-51)40(56)31-13-16-34(47-23-31)53-24-44(5,6)39-33(53)15-14-32(50-39)41(57)55-20-18-52(26-46(55,9)10)36-22-28(2)38(30(4)49-36)43(59)61-12/h13-16,21-23H,17-20,24-26H2,1-12H3. The number of aryl methyl sites for hydroxylation is 4. The Morgan fingerprint density at radius 3 is 1.56 bits per heavy atom. The normalized spacial score (nSPS) is 17.9. The molecule has 0 aromatic carbocycles. The first-order valence-electron chi connectivity index (χ1n) is 20.7. The summed E-state index contributed by atoms with van der Waals surface area (Å²) in [6.45, 7) is 23.6. The molecule has 0 aliphatic carbocycles. The van der Waals surface area contributed by atoms with Gasteiger partial charge < -0.3 is 34.0 Å². The number of carbonyl (C=O) groups is 4. The molecule has 7 rings (SSSR count). The molecule has 0 saturated carbocycles. The van der Waals surface area contributed by atoms with E-state index in [-0.39, 0.29) is 17.2 Å². The molecule has 4 aromatic rings. The highest BCUT2D eigenvalue weighted by molar-refractivity contribution is 5.96. The van der Waals surface area contributed by atoms with E-state index in [0.717, 1.165) is 34.1 Å². The molecular weight excluding hydrogens is 775 g/mol. The number of piperazine rings is 2. The van der Waals surface area contributed by atoms with Crippen LogP contribution in [0.1, 0.15) is 111 Å². The van der Waals surface area contributed by atoms with Crippen molar-refractivity contribution in [3.8, 4) is 0 Å². The molecule has 7 heterocycles. The van der Waals surface area contributed by atoms with Gasteiger partial charge in [-0.05, 0) is 103 Å². The van der Waals surface area contributed by atoms with Gasteiger partial charge in [-0.2, -0.15) is 0 Å². The maximum absolute atomic E-state index is 14.2. The van der Waals surface area contributed by atoms with Crippen LogP contribution in [-0.4, -0.2) is 125 Å². The molecule has 0 atom stereocenters. The Balaban J connectivity index is 1.03. The molecule has 0 radical (unpaired) electrons. The molecule has 322 valence electrons.